The van der Waals surface area contributed by atoms with E-state index in [1.165, 1.54) is 23.7 Å². The highest BCUT2D eigenvalue weighted by atomic mass is 16.6. The number of fused-ring (bicyclic) bond motifs is 2. The van der Waals surface area contributed by atoms with Gasteiger partial charge in [-0.15, -0.1) is 5.10 Å². The molecule has 1 aromatic carbocycles. The Labute approximate surface area is 380 Å². The SMILES string of the molecule is COC(=O)/C(C)=C\CC12OC(C)(C)C3CC(C1=O)C(n1cnc(N)n1)C1C(=O)c4c(OC(=O)CC(=O)N5CCN(C)CC5)c5c(c(CC=C(C)C)c4OC132)OC(C)(CCC=C(C)C)C=C5. The van der Waals surface area contributed by atoms with Gasteiger partial charge in [-0.3, -0.25) is 19.2 Å². The lowest BCUT2D eigenvalue weighted by molar-refractivity contribution is -0.209. The summed E-state index contributed by atoms with van der Waals surface area (Å²) in [6, 6.07) is -0.940. The third-order valence-corrected chi connectivity index (χ3v) is 14.4. The van der Waals surface area contributed by atoms with Crippen LogP contribution >= 0.6 is 0 Å². The monoisotopic (exact) mass is 894 g/mol. The largest absolute Gasteiger partial charge is 0.482 e. The molecule has 3 saturated carbocycles. The van der Waals surface area contributed by atoms with Crippen molar-refractivity contribution in [2.75, 3.05) is 46.1 Å². The molecule has 7 atom stereocenters. The molecular weight excluding hydrogens is 833 g/mol. The molecule has 348 valence electrons. The summed E-state index contributed by atoms with van der Waals surface area (Å²) in [5.41, 5.74) is 4.07. The molecule has 5 fully saturated rings. The molecule has 16 heteroatoms. The maximum absolute atomic E-state index is 16.3. The number of hydrogen-bond donors (Lipinski definition) is 1. The number of rotatable bonds is 12. The molecule has 5 heterocycles. The minimum absolute atomic E-state index is 0.00922. The van der Waals surface area contributed by atoms with E-state index >= 15 is 9.59 Å². The average Bonchev–Trinajstić information content (AvgIpc) is 3.73. The minimum atomic E-state index is -1.78. The smallest absolute Gasteiger partial charge is 0.333 e. The van der Waals surface area contributed by atoms with Crippen LogP contribution in [0.4, 0.5) is 5.95 Å². The Hall–Kier alpha value is -5.61. The Bertz CT molecular complexity index is 2470. The Morgan fingerprint density at radius 1 is 0.969 bits per heavy atom. The number of nitrogens with zero attached hydrogens (tertiary/aromatic N) is 5. The molecule has 65 heavy (non-hydrogen) atoms. The number of carbonyl (C=O) groups excluding carboxylic acids is 5. The van der Waals surface area contributed by atoms with E-state index in [1.54, 1.807) is 17.9 Å². The molecule has 4 bridgehead atoms. The highest BCUT2D eigenvalue weighted by molar-refractivity contribution is 6.11. The number of aromatic nitrogens is 3. The van der Waals surface area contributed by atoms with Gasteiger partial charge in [0.25, 0.3) is 0 Å². The van der Waals surface area contributed by atoms with E-state index < -0.39 is 70.3 Å². The molecule has 7 unspecified atom stereocenters. The van der Waals surface area contributed by atoms with E-state index in [9.17, 15) is 14.4 Å². The number of hydrogen-bond acceptors (Lipinski definition) is 14. The van der Waals surface area contributed by atoms with E-state index in [-0.39, 0.29) is 59.5 Å². The van der Waals surface area contributed by atoms with Crippen LogP contribution < -0.4 is 19.9 Å². The lowest BCUT2D eigenvalue weighted by Gasteiger charge is -2.62. The summed E-state index contributed by atoms with van der Waals surface area (Å²) < 4.78 is 34.6. The van der Waals surface area contributed by atoms with Gasteiger partial charge in [0, 0.05) is 55.6 Å². The fourth-order valence-electron chi connectivity index (χ4n) is 11.2. The maximum Gasteiger partial charge on any atom is 0.333 e. The van der Waals surface area contributed by atoms with Crippen molar-refractivity contribution in [3.05, 3.63) is 64.0 Å². The number of piperazine rings is 1. The molecule has 1 aromatic heterocycles. The number of carbonyl (C=O) groups is 5. The number of Topliss-reactive ketones (excluding diaryl/α,β-unsaturated/α-hetero) is 2. The molecule has 9 rings (SSSR count). The van der Waals surface area contributed by atoms with Gasteiger partial charge in [-0.1, -0.05) is 29.4 Å². The number of allylic oxidation sites excluding steroid dienone is 4. The number of esters is 2. The van der Waals surface area contributed by atoms with E-state index in [0.29, 0.717) is 49.5 Å². The number of likely N-dealkylation sites (N-methyl/N-ethyl adjacent to an activating group) is 1. The first-order valence-electron chi connectivity index (χ1n) is 22.6. The fraction of sp³-hybridized carbons (Fsp3) is 0.571. The van der Waals surface area contributed by atoms with Gasteiger partial charge in [0.1, 0.15) is 35.4 Å². The number of anilines is 1. The van der Waals surface area contributed by atoms with E-state index in [0.717, 1.165) is 12.0 Å². The first-order chi connectivity index (χ1) is 30.7. The van der Waals surface area contributed by atoms with Gasteiger partial charge in [0.05, 0.1) is 30.2 Å². The van der Waals surface area contributed by atoms with Crippen LogP contribution in [0.25, 0.3) is 6.08 Å². The fourth-order valence-corrected chi connectivity index (χ4v) is 11.2. The topological polar surface area (TPSA) is 195 Å². The molecule has 4 aliphatic heterocycles. The van der Waals surface area contributed by atoms with Crippen LogP contribution in [0.1, 0.15) is 115 Å². The highest BCUT2D eigenvalue weighted by Gasteiger charge is 2.86. The normalized spacial score (nSPS) is 29.5. The van der Waals surface area contributed by atoms with Crippen LogP contribution in [0.2, 0.25) is 0 Å². The van der Waals surface area contributed by atoms with E-state index in [2.05, 4.69) is 21.1 Å². The summed E-state index contributed by atoms with van der Waals surface area (Å²) in [6.45, 7) is 17.7. The first-order valence-corrected chi connectivity index (χ1v) is 22.6. The van der Waals surface area contributed by atoms with Gasteiger partial charge >= 0.3 is 11.9 Å². The quantitative estimate of drug-likeness (QED) is 0.0884. The van der Waals surface area contributed by atoms with Gasteiger partial charge in [-0.25, -0.2) is 14.5 Å². The van der Waals surface area contributed by atoms with Gasteiger partial charge in [0.15, 0.2) is 28.5 Å². The van der Waals surface area contributed by atoms with E-state index in [1.807, 2.05) is 73.7 Å². The Kier molecular flexibility index (Phi) is 11.8. The second kappa shape index (κ2) is 16.7. The van der Waals surface area contributed by atoms with Crippen molar-refractivity contribution in [3.8, 4) is 17.2 Å². The number of nitrogens with two attached hydrogens (primary N) is 1. The van der Waals surface area contributed by atoms with Gasteiger partial charge in [0.2, 0.25) is 11.9 Å². The zero-order valence-electron chi connectivity index (χ0n) is 39.2. The standard InChI is InChI=1S/C49H62N6O10/c1-27(2)12-11-17-47(8)18-16-31-40(63-47)30(14-13-28(3)4)42-36(41(31)62-35(57)25-34(56)54-22-20-53(9)21-23-54)39(58)37-38(55-26-51-45(50)52-55)32-24-33-46(6,7)65-48(43(32)59,49(33,37)64-42)19-15-29(5)44(60)61-10/h12-13,15-16,18,26,32-33,37-38H,11,14,17,19-25H2,1-10H3,(H2,50,52)/b29-15-. The zero-order valence-corrected chi connectivity index (χ0v) is 39.2. The molecule has 1 amide bonds. The molecular formula is C49H62N6O10. The van der Waals surface area contributed by atoms with Crippen LogP contribution in [0.15, 0.2) is 47.4 Å². The van der Waals surface area contributed by atoms with E-state index in [4.69, 9.17) is 29.4 Å². The number of benzene rings is 1. The highest BCUT2D eigenvalue weighted by Crippen LogP contribution is 2.72. The molecule has 2 N–H and O–H groups in total. The van der Waals surface area contributed by atoms with Crippen molar-refractivity contribution in [2.24, 2.45) is 17.8 Å². The molecule has 2 saturated heterocycles. The Morgan fingerprint density at radius 3 is 2.32 bits per heavy atom. The number of ether oxygens (including phenoxy) is 5. The van der Waals surface area contributed by atoms with Crippen LogP contribution in [-0.4, -0.2) is 117 Å². The van der Waals surface area contributed by atoms with Crippen LogP contribution in [0, 0.1) is 17.8 Å². The first kappa shape index (κ1) is 45.9. The zero-order chi connectivity index (χ0) is 47.0. The third kappa shape index (κ3) is 7.59. The number of nitrogen functional groups attached to an aromatic ring is 1. The van der Waals surface area contributed by atoms with Gasteiger partial charge in [-0.05, 0) is 100 Å². The lowest BCUT2D eigenvalue weighted by Crippen LogP contribution is -2.78. The molecule has 3 aliphatic carbocycles. The van der Waals surface area contributed by atoms with Crippen LogP contribution in [0.5, 0.6) is 17.2 Å². The molecule has 0 radical (unpaired) electrons. The van der Waals surface area contributed by atoms with Gasteiger partial charge in [-0.2, -0.15) is 0 Å². The summed E-state index contributed by atoms with van der Waals surface area (Å²) in [5.74, 6) is -4.79. The third-order valence-electron chi connectivity index (χ3n) is 14.4. The predicted octanol–water partition coefficient (Wildman–Crippen LogP) is 5.80. The van der Waals surface area contributed by atoms with Gasteiger partial charge < -0.3 is 39.2 Å². The van der Waals surface area contributed by atoms with Crippen LogP contribution in [-0.2, 0) is 35.1 Å². The number of ketones is 2. The summed E-state index contributed by atoms with van der Waals surface area (Å²) in [5, 5.41) is 4.48. The number of amides is 1. The van der Waals surface area contributed by atoms with Crippen molar-refractivity contribution in [3.63, 3.8) is 0 Å². The average molecular weight is 895 g/mol. The summed E-state index contributed by atoms with van der Waals surface area (Å²) >= 11 is 0. The summed E-state index contributed by atoms with van der Waals surface area (Å²) in [7, 11) is 3.26. The molecule has 2 aromatic rings. The lowest BCUT2D eigenvalue weighted by atomic mass is 9.45. The maximum atomic E-state index is 16.3. The van der Waals surface area contributed by atoms with Crippen molar-refractivity contribution < 1.29 is 47.7 Å². The summed E-state index contributed by atoms with van der Waals surface area (Å²) in [4.78, 5) is 80.4. The molecule has 1 spiro atoms. The number of methoxy groups -OCH3 is 1. The van der Waals surface area contributed by atoms with Crippen molar-refractivity contribution in [2.45, 2.75) is 122 Å². The van der Waals surface area contributed by atoms with Crippen molar-refractivity contribution in [1.29, 1.82) is 0 Å². The molecule has 7 aliphatic rings. The minimum Gasteiger partial charge on any atom is -0.482 e. The molecule has 16 nitrogen and oxygen atoms in total. The van der Waals surface area contributed by atoms with Crippen molar-refractivity contribution in [1.82, 2.24) is 24.6 Å². The summed E-state index contributed by atoms with van der Waals surface area (Å²) in [6.07, 6.45) is 12.1. The Morgan fingerprint density at radius 2 is 1.68 bits per heavy atom. The van der Waals surface area contributed by atoms with Crippen molar-refractivity contribution >= 4 is 41.4 Å². The Balaban J connectivity index is 1.38. The second-order valence-corrected chi connectivity index (χ2v) is 19.8. The second-order valence-electron chi connectivity index (χ2n) is 19.8. The van der Waals surface area contributed by atoms with Crippen LogP contribution in [0.3, 0.4) is 0 Å². The predicted molar refractivity (Wildman–Crippen MR) is 240 cm³/mol.